The van der Waals surface area contributed by atoms with E-state index >= 15 is 0 Å². The van der Waals surface area contributed by atoms with Crippen LogP contribution in [-0.2, 0) is 5.60 Å². The quantitative estimate of drug-likeness (QED) is 0.410. The molecule has 1 N–H and O–H groups in total. The molecule has 1 saturated carbocycles. The van der Waals surface area contributed by atoms with Crippen molar-refractivity contribution in [2.24, 2.45) is 5.41 Å². The van der Waals surface area contributed by atoms with Gasteiger partial charge in [0.2, 0.25) is 0 Å². The monoisotopic (exact) mass is 543 g/mol. The Balaban J connectivity index is 1.31. The minimum atomic E-state index is -3.04. The molecule has 0 unspecified atom stereocenters. The van der Waals surface area contributed by atoms with Gasteiger partial charge in [0.05, 0.1) is 28.9 Å². The van der Waals surface area contributed by atoms with Crippen molar-refractivity contribution in [2.75, 3.05) is 7.05 Å². The zero-order valence-electron chi connectivity index (χ0n) is 21.5. The first-order valence-corrected chi connectivity index (χ1v) is 12.8. The number of aliphatic hydroxyl groups is 1. The molecule has 0 radical (unpaired) electrons. The summed E-state index contributed by atoms with van der Waals surface area (Å²) in [6.45, 7) is -1.24. The Labute approximate surface area is 226 Å². The van der Waals surface area contributed by atoms with E-state index in [1.807, 2.05) is 0 Å². The van der Waals surface area contributed by atoms with Crippen molar-refractivity contribution in [1.29, 1.82) is 5.26 Å². The molecule has 0 saturated heterocycles. The van der Waals surface area contributed by atoms with Crippen LogP contribution < -0.4 is 4.74 Å². The number of halogens is 2. The largest absolute Gasteiger partial charge is 0.434 e. The second-order valence-electron chi connectivity index (χ2n) is 11.0. The second kappa shape index (κ2) is 8.25. The lowest BCUT2D eigenvalue weighted by molar-refractivity contribution is -0.109. The molecule has 4 aromatic rings. The molecule has 3 aromatic heterocycles. The van der Waals surface area contributed by atoms with Crippen molar-refractivity contribution in [2.45, 2.75) is 50.4 Å². The number of aromatic nitrogens is 5. The summed E-state index contributed by atoms with van der Waals surface area (Å²) < 4.78 is 33.2. The third-order valence-corrected chi connectivity index (χ3v) is 8.32. The summed E-state index contributed by atoms with van der Waals surface area (Å²) >= 11 is 0. The first-order chi connectivity index (χ1) is 19.1. The lowest BCUT2D eigenvalue weighted by Crippen LogP contribution is -2.48. The van der Waals surface area contributed by atoms with E-state index in [9.17, 15) is 23.9 Å². The summed E-state index contributed by atoms with van der Waals surface area (Å²) in [5, 5.41) is 24.9. The normalized spacial score (nSPS) is 26.7. The molecule has 1 fully saturated rings. The molecular weight excluding hydrogens is 520 g/mol. The van der Waals surface area contributed by atoms with Gasteiger partial charge in [-0.15, -0.1) is 0 Å². The lowest BCUT2D eigenvalue weighted by Gasteiger charge is -2.46. The fourth-order valence-corrected chi connectivity index (χ4v) is 6.56. The van der Waals surface area contributed by atoms with Crippen molar-refractivity contribution >= 4 is 11.6 Å². The van der Waals surface area contributed by atoms with Crippen LogP contribution >= 0.6 is 0 Å². The van der Waals surface area contributed by atoms with Gasteiger partial charge in [0.15, 0.2) is 11.5 Å². The van der Waals surface area contributed by atoms with E-state index in [0.717, 1.165) is 5.56 Å². The number of rotatable bonds is 4. The highest BCUT2D eigenvalue weighted by atomic mass is 19.3. The van der Waals surface area contributed by atoms with Crippen LogP contribution in [0.1, 0.15) is 71.1 Å². The number of amides is 1. The summed E-state index contributed by atoms with van der Waals surface area (Å²) in [6, 6.07) is 8.25. The van der Waals surface area contributed by atoms with Crippen molar-refractivity contribution < 1.29 is 23.4 Å². The predicted octanol–water partition coefficient (Wildman–Crippen LogP) is 3.96. The highest BCUT2D eigenvalue weighted by molar-refractivity contribution is 5.98. The van der Waals surface area contributed by atoms with E-state index in [-0.39, 0.29) is 36.4 Å². The van der Waals surface area contributed by atoms with Crippen LogP contribution in [-0.4, -0.2) is 54.1 Å². The van der Waals surface area contributed by atoms with Gasteiger partial charge in [0.1, 0.15) is 11.4 Å². The highest BCUT2D eigenvalue weighted by Crippen LogP contribution is 2.54. The van der Waals surface area contributed by atoms with Crippen molar-refractivity contribution in [3.63, 3.8) is 0 Å². The number of carbonyl (C=O) groups excluding carboxylic acids is 1. The molecule has 2 bridgehead atoms. The van der Waals surface area contributed by atoms with Crippen LogP contribution in [0.25, 0.3) is 16.9 Å². The summed E-state index contributed by atoms with van der Waals surface area (Å²) in [5.41, 5.74) is 2.03. The zero-order valence-corrected chi connectivity index (χ0v) is 21.5. The Hall–Kier alpha value is -4.50. The second-order valence-corrected chi connectivity index (χ2v) is 11.0. The minimum absolute atomic E-state index is 0.0336. The molecule has 202 valence electrons. The maximum atomic E-state index is 13.3. The SMILES string of the molecule is CN1C(=O)c2cccc(OC(F)F)c2[C@H]2C[C@@H]1c1nn3ccc(-c4cnc(C5(O)CC(C)(C#N)C5)nc4)nc3c12. The summed E-state index contributed by atoms with van der Waals surface area (Å²) in [5.74, 6) is -0.482. The third-order valence-electron chi connectivity index (χ3n) is 8.32. The first kappa shape index (κ1) is 24.5. The van der Waals surface area contributed by atoms with Crippen LogP contribution in [0, 0.1) is 16.7 Å². The average Bonchev–Trinajstić information content (AvgIpc) is 3.45. The molecule has 2 atom stereocenters. The van der Waals surface area contributed by atoms with Gasteiger partial charge in [-0.3, -0.25) is 4.79 Å². The number of fused-ring (bicyclic) bond motifs is 9. The average molecular weight is 544 g/mol. The molecule has 0 spiro atoms. The van der Waals surface area contributed by atoms with Crippen LogP contribution in [0.15, 0.2) is 42.9 Å². The topological polar surface area (TPSA) is 130 Å². The number of nitriles is 1. The fourth-order valence-electron chi connectivity index (χ4n) is 6.56. The van der Waals surface area contributed by atoms with E-state index in [4.69, 9.17) is 14.8 Å². The lowest BCUT2D eigenvalue weighted by atomic mass is 9.60. The van der Waals surface area contributed by atoms with Gasteiger partial charge in [0, 0.05) is 66.7 Å². The number of carbonyl (C=O) groups is 1. The molecule has 1 aliphatic heterocycles. The Morgan fingerprint density at radius 3 is 2.65 bits per heavy atom. The Morgan fingerprint density at radius 1 is 1.20 bits per heavy atom. The minimum Gasteiger partial charge on any atom is -0.434 e. The predicted molar refractivity (Wildman–Crippen MR) is 135 cm³/mol. The maximum Gasteiger partial charge on any atom is 0.387 e. The van der Waals surface area contributed by atoms with Gasteiger partial charge in [-0.1, -0.05) is 6.07 Å². The van der Waals surface area contributed by atoms with Gasteiger partial charge < -0.3 is 14.7 Å². The number of alkyl halides is 2. The van der Waals surface area contributed by atoms with E-state index in [1.54, 1.807) is 60.2 Å². The first-order valence-electron chi connectivity index (χ1n) is 12.8. The Kier molecular flexibility index (Phi) is 5.06. The number of nitrogens with zero attached hydrogens (tertiary/aromatic N) is 7. The van der Waals surface area contributed by atoms with Gasteiger partial charge in [-0.2, -0.15) is 19.1 Å². The number of benzene rings is 1. The Morgan fingerprint density at radius 2 is 1.95 bits per heavy atom. The molecule has 7 rings (SSSR count). The van der Waals surface area contributed by atoms with Crippen LogP contribution in [0.5, 0.6) is 5.75 Å². The van der Waals surface area contributed by atoms with E-state index < -0.39 is 23.5 Å². The maximum absolute atomic E-state index is 13.3. The molecule has 4 heterocycles. The standard InChI is InChI=1S/C28H23F2N7O3/c1-27(13-31)11-28(39,12-27)25-32-9-14(10-33-25)17-6-7-37-23(34-17)21-16-8-18(22(21)35-37)36(2)24(38)15-4-3-5-19(20(15)16)40-26(29)30/h3-7,9-10,16,18,26,39H,8,11-12H2,1-2H3/t16-,18-,27?,28?/m1/s1. The number of ether oxygens (including phenoxy) is 1. The number of hydrogen-bond acceptors (Lipinski definition) is 8. The molecule has 40 heavy (non-hydrogen) atoms. The summed E-state index contributed by atoms with van der Waals surface area (Å²) in [7, 11) is 1.69. The Bertz CT molecular complexity index is 1740. The molecule has 1 amide bonds. The molecule has 1 aromatic carbocycles. The van der Waals surface area contributed by atoms with E-state index in [0.29, 0.717) is 40.1 Å². The van der Waals surface area contributed by atoms with Crippen molar-refractivity contribution in [3.8, 4) is 23.1 Å². The zero-order chi connectivity index (χ0) is 28.0. The smallest absolute Gasteiger partial charge is 0.387 e. The van der Waals surface area contributed by atoms with Crippen molar-refractivity contribution in [3.05, 3.63) is 71.1 Å². The fraction of sp³-hybridized carbons (Fsp3) is 0.357. The van der Waals surface area contributed by atoms with Crippen LogP contribution in [0.3, 0.4) is 0 Å². The van der Waals surface area contributed by atoms with E-state index in [1.165, 1.54) is 6.07 Å². The van der Waals surface area contributed by atoms with Crippen LogP contribution in [0.2, 0.25) is 0 Å². The molecule has 2 aliphatic carbocycles. The van der Waals surface area contributed by atoms with Crippen molar-refractivity contribution in [1.82, 2.24) is 29.5 Å². The van der Waals surface area contributed by atoms with Gasteiger partial charge >= 0.3 is 6.61 Å². The molecule has 10 nitrogen and oxygen atoms in total. The summed E-state index contributed by atoms with van der Waals surface area (Å²) in [6.07, 6.45) is 5.91. The molecule has 3 aliphatic rings. The summed E-state index contributed by atoms with van der Waals surface area (Å²) in [4.78, 5) is 28.5. The van der Waals surface area contributed by atoms with E-state index in [2.05, 4.69) is 16.0 Å². The third kappa shape index (κ3) is 3.43. The number of hydrogen-bond donors (Lipinski definition) is 1. The highest BCUT2D eigenvalue weighted by Gasteiger charge is 2.54. The van der Waals surface area contributed by atoms with Gasteiger partial charge in [-0.25, -0.2) is 19.5 Å². The molecular formula is C28H23F2N7O3. The van der Waals surface area contributed by atoms with Gasteiger partial charge in [0.25, 0.3) is 5.91 Å². The van der Waals surface area contributed by atoms with Crippen LogP contribution in [0.4, 0.5) is 8.78 Å². The molecule has 12 heteroatoms. The van der Waals surface area contributed by atoms with Gasteiger partial charge in [-0.05, 0) is 31.5 Å².